The minimum Gasteiger partial charge on any atom is -0.365 e. The highest BCUT2D eigenvalue weighted by atomic mass is 19.4. The van der Waals surface area contributed by atoms with Gasteiger partial charge in [-0.05, 0) is 68.1 Å². The van der Waals surface area contributed by atoms with E-state index < -0.39 is 17.8 Å². The quantitative estimate of drug-likeness (QED) is 0.625. The molecule has 3 heterocycles. The third-order valence-corrected chi connectivity index (χ3v) is 8.56. The Hall–Kier alpha value is -3.43. The van der Waals surface area contributed by atoms with Crippen LogP contribution in [0.4, 0.5) is 13.2 Å². The maximum absolute atomic E-state index is 13.0. The van der Waals surface area contributed by atoms with Crippen LogP contribution in [0.5, 0.6) is 0 Å². The smallest absolute Gasteiger partial charge is 0.365 e. The average Bonchev–Trinajstić information content (AvgIpc) is 3.29. The van der Waals surface area contributed by atoms with Gasteiger partial charge in [0.1, 0.15) is 12.3 Å². The topological polar surface area (TPSA) is 93.6 Å². The third kappa shape index (κ3) is 4.88. The van der Waals surface area contributed by atoms with Gasteiger partial charge in [-0.25, -0.2) is 0 Å². The summed E-state index contributed by atoms with van der Waals surface area (Å²) in [5, 5.41) is 3.60. The molecule has 5 rings (SSSR count). The second-order valence-electron chi connectivity index (χ2n) is 10.7. The van der Waals surface area contributed by atoms with Crippen LogP contribution in [0.15, 0.2) is 47.6 Å². The Balaban J connectivity index is 1.35. The lowest BCUT2D eigenvalue weighted by Gasteiger charge is -2.50. The maximum Gasteiger partial charge on any atom is 0.435 e. The highest BCUT2D eigenvalue weighted by Crippen LogP contribution is 2.55. The monoisotopic (exact) mass is 527 g/mol. The molecule has 1 aromatic heterocycles. The number of aryl methyl sites for hydroxylation is 2. The lowest BCUT2D eigenvalue weighted by Crippen LogP contribution is -2.48. The Kier molecular flexibility index (Phi) is 6.92. The van der Waals surface area contributed by atoms with E-state index in [9.17, 15) is 22.8 Å². The second kappa shape index (κ2) is 10.0. The van der Waals surface area contributed by atoms with Crippen molar-refractivity contribution in [2.75, 3.05) is 13.1 Å². The number of aromatic nitrogens is 2. The largest absolute Gasteiger partial charge is 0.435 e. The molecule has 2 atom stereocenters. The SMILES string of the molecule is Cc1cc(C(F)(F)F)nn1CC(=O)N1CCC(C2(C3CCCc4ccccc43)C=CN=C(C(N)=O)C2)CC1. The van der Waals surface area contributed by atoms with E-state index in [-0.39, 0.29) is 29.7 Å². The number of fused-ring (bicyclic) bond motifs is 1. The van der Waals surface area contributed by atoms with Crippen LogP contribution >= 0.6 is 0 Å². The van der Waals surface area contributed by atoms with E-state index in [1.54, 1.807) is 11.1 Å². The van der Waals surface area contributed by atoms with Crippen molar-refractivity contribution < 1.29 is 22.8 Å². The van der Waals surface area contributed by atoms with Crippen molar-refractivity contribution in [3.63, 3.8) is 0 Å². The predicted molar refractivity (Wildman–Crippen MR) is 136 cm³/mol. The molecule has 2 amide bonds. The third-order valence-electron chi connectivity index (χ3n) is 8.56. The number of allylic oxidation sites excluding steroid dienone is 1. The summed E-state index contributed by atoms with van der Waals surface area (Å²) >= 11 is 0. The number of rotatable bonds is 5. The molecule has 10 heteroatoms. The first-order chi connectivity index (χ1) is 18.1. The number of halogens is 3. The van der Waals surface area contributed by atoms with Gasteiger partial charge in [0, 0.05) is 36.8 Å². The molecule has 2 aromatic rings. The summed E-state index contributed by atoms with van der Waals surface area (Å²) in [4.78, 5) is 31.2. The van der Waals surface area contributed by atoms with E-state index in [1.165, 1.54) is 18.1 Å². The van der Waals surface area contributed by atoms with Gasteiger partial charge in [-0.2, -0.15) is 18.3 Å². The van der Waals surface area contributed by atoms with Gasteiger partial charge in [-0.1, -0.05) is 30.3 Å². The molecule has 1 saturated heterocycles. The lowest BCUT2D eigenvalue weighted by atomic mass is 9.56. The van der Waals surface area contributed by atoms with Crippen molar-refractivity contribution in [1.29, 1.82) is 0 Å². The predicted octanol–water partition coefficient (Wildman–Crippen LogP) is 4.40. The zero-order valence-corrected chi connectivity index (χ0v) is 21.4. The van der Waals surface area contributed by atoms with Crippen LogP contribution in [0.25, 0.3) is 0 Å². The Bertz CT molecular complexity index is 1290. The summed E-state index contributed by atoms with van der Waals surface area (Å²) in [5.41, 5.74) is 7.65. The minimum absolute atomic E-state index is 0.187. The molecule has 0 radical (unpaired) electrons. The van der Waals surface area contributed by atoms with E-state index in [4.69, 9.17) is 5.73 Å². The molecule has 0 saturated carbocycles. The molecule has 2 aliphatic heterocycles. The van der Waals surface area contributed by atoms with E-state index in [2.05, 4.69) is 40.4 Å². The van der Waals surface area contributed by atoms with E-state index in [0.29, 0.717) is 43.8 Å². The molecular weight excluding hydrogens is 495 g/mol. The van der Waals surface area contributed by atoms with Gasteiger partial charge in [-0.15, -0.1) is 0 Å². The van der Waals surface area contributed by atoms with Crippen molar-refractivity contribution >= 4 is 17.5 Å². The number of nitrogens with two attached hydrogens (primary N) is 1. The molecule has 1 aromatic carbocycles. The fraction of sp³-hybridized carbons (Fsp3) is 0.500. The van der Waals surface area contributed by atoms with Gasteiger partial charge < -0.3 is 10.6 Å². The average molecular weight is 528 g/mol. The van der Waals surface area contributed by atoms with Gasteiger partial charge >= 0.3 is 6.18 Å². The first-order valence-electron chi connectivity index (χ1n) is 13.1. The molecule has 202 valence electrons. The first kappa shape index (κ1) is 26.2. The molecule has 38 heavy (non-hydrogen) atoms. The van der Waals surface area contributed by atoms with Crippen molar-refractivity contribution in [3.8, 4) is 0 Å². The molecule has 3 aliphatic rings. The van der Waals surface area contributed by atoms with Gasteiger partial charge in [0.2, 0.25) is 5.91 Å². The normalized spacial score (nSPS) is 24.2. The number of amides is 2. The van der Waals surface area contributed by atoms with Gasteiger partial charge in [0.05, 0.1) is 0 Å². The summed E-state index contributed by atoms with van der Waals surface area (Å²) in [6, 6.07) is 9.43. The Morgan fingerprint density at radius 3 is 2.58 bits per heavy atom. The molecule has 2 unspecified atom stereocenters. The summed E-state index contributed by atoms with van der Waals surface area (Å²) in [6.45, 7) is 2.26. The summed E-state index contributed by atoms with van der Waals surface area (Å²) < 4.78 is 40.2. The molecule has 7 nitrogen and oxygen atoms in total. The number of likely N-dealkylation sites (tertiary alicyclic amines) is 1. The summed E-state index contributed by atoms with van der Waals surface area (Å²) in [5.74, 6) is -0.373. The van der Waals surface area contributed by atoms with Crippen LogP contribution in [-0.4, -0.2) is 45.3 Å². The number of benzene rings is 1. The highest BCUT2D eigenvalue weighted by molar-refractivity contribution is 6.38. The Labute approximate surface area is 219 Å². The van der Waals surface area contributed by atoms with Crippen molar-refractivity contribution in [1.82, 2.24) is 14.7 Å². The first-order valence-corrected chi connectivity index (χ1v) is 13.1. The van der Waals surface area contributed by atoms with Crippen LogP contribution in [0.1, 0.15) is 60.5 Å². The van der Waals surface area contributed by atoms with Crippen LogP contribution < -0.4 is 5.73 Å². The van der Waals surface area contributed by atoms with Crippen molar-refractivity contribution in [2.45, 2.75) is 64.1 Å². The Morgan fingerprint density at radius 1 is 1.16 bits per heavy atom. The number of aliphatic imine (C=N–C) groups is 1. The zero-order valence-electron chi connectivity index (χ0n) is 21.4. The number of carbonyl (C=O) groups is 2. The van der Waals surface area contributed by atoms with E-state index >= 15 is 0 Å². The number of piperidine rings is 1. The standard InChI is InChI=1S/C28H32F3N5O2/c1-18-15-24(28(29,30)31)34-36(18)17-25(37)35-13-9-20(10-14-35)27(11-12-33-23(16-27)26(32)38)22-8-4-6-19-5-2-3-7-21(19)22/h2-3,5,7,11-12,15,20,22H,4,6,8-10,13-14,16-17H2,1H3,(H2,32,38). The highest BCUT2D eigenvalue weighted by Gasteiger charge is 2.48. The molecule has 0 bridgehead atoms. The second-order valence-corrected chi connectivity index (χ2v) is 10.7. The number of carbonyl (C=O) groups excluding carboxylic acids is 2. The molecule has 2 N–H and O–H groups in total. The number of hydrogen-bond donors (Lipinski definition) is 1. The molecule has 1 aliphatic carbocycles. The van der Waals surface area contributed by atoms with Gasteiger partial charge in [0.15, 0.2) is 5.69 Å². The number of hydrogen-bond acceptors (Lipinski definition) is 4. The van der Waals surface area contributed by atoms with E-state index in [0.717, 1.165) is 30.0 Å². The van der Waals surface area contributed by atoms with E-state index in [1.807, 2.05) is 0 Å². The van der Waals surface area contributed by atoms with Gasteiger partial charge in [-0.3, -0.25) is 19.3 Å². The van der Waals surface area contributed by atoms with Crippen LogP contribution in [-0.2, 0) is 28.7 Å². The number of nitrogens with zero attached hydrogens (tertiary/aromatic N) is 4. The van der Waals surface area contributed by atoms with Crippen molar-refractivity contribution in [3.05, 3.63) is 65.1 Å². The van der Waals surface area contributed by atoms with Crippen LogP contribution in [0.3, 0.4) is 0 Å². The zero-order chi connectivity index (χ0) is 27.1. The Morgan fingerprint density at radius 2 is 1.89 bits per heavy atom. The van der Waals surface area contributed by atoms with Crippen LogP contribution in [0, 0.1) is 18.3 Å². The van der Waals surface area contributed by atoms with Crippen molar-refractivity contribution in [2.24, 2.45) is 22.1 Å². The fourth-order valence-electron chi connectivity index (χ4n) is 6.63. The minimum atomic E-state index is -4.55. The summed E-state index contributed by atoms with van der Waals surface area (Å²) in [6.07, 6.45) is 4.29. The number of alkyl halides is 3. The molecule has 1 fully saturated rings. The molecular formula is C28H32F3N5O2. The van der Waals surface area contributed by atoms with Crippen LogP contribution in [0.2, 0.25) is 0 Å². The lowest BCUT2D eigenvalue weighted by molar-refractivity contribution is -0.142. The molecule has 0 spiro atoms. The fourth-order valence-corrected chi connectivity index (χ4v) is 6.63. The van der Waals surface area contributed by atoms with Gasteiger partial charge in [0.25, 0.3) is 5.91 Å². The summed E-state index contributed by atoms with van der Waals surface area (Å²) in [7, 11) is 0. The maximum atomic E-state index is 13.0. The number of primary amides is 1.